The molecule has 1 saturated carbocycles. The van der Waals surface area contributed by atoms with Crippen LogP contribution in [0.15, 0.2) is 29.4 Å². The van der Waals surface area contributed by atoms with Crippen molar-refractivity contribution in [2.24, 2.45) is 11.0 Å². The Morgan fingerprint density at radius 1 is 1.15 bits per heavy atom. The van der Waals surface area contributed by atoms with Gasteiger partial charge in [-0.25, -0.2) is 5.01 Å². The lowest BCUT2D eigenvalue weighted by Gasteiger charge is -2.32. The van der Waals surface area contributed by atoms with Crippen LogP contribution in [-0.2, 0) is 9.59 Å². The molecule has 2 atom stereocenters. The first-order valence-electron chi connectivity index (χ1n) is 9.43. The second-order valence-electron chi connectivity index (χ2n) is 7.42. The summed E-state index contributed by atoms with van der Waals surface area (Å²) in [5.41, 5.74) is 1.54. The summed E-state index contributed by atoms with van der Waals surface area (Å²) in [5.74, 6) is 0.601. The molecule has 1 aromatic rings. The summed E-state index contributed by atoms with van der Waals surface area (Å²) >= 11 is 0. The fraction of sp³-hybridized carbons (Fsp3) is 0.550. The van der Waals surface area contributed by atoms with Gasteiger partial charge in [0.1, 0.15) is 11.5 Å². The molecule has 1 aliphatic carbocycles. The number of hydrogen-bond donors (Lipinski definition) is 0. The molecule has 1 aromatic carbocycles. The van der Waals surface area contributed by atoms with Crippen LogP contribution in [0.2, 0.25) is 0 Å². The lowest BCUT2D eigenvalue weighted by atomic mass is 9.91. The number of likely N-dealkylation sites (tertiary alicyclic amines) is 1. The minimum Gasteiger partial charge on any atom is -0.497 e. The number of nitrogens with zero attached hydrogens (tertiary/aromatic N) is 3. The maximum Gasteiger partial charge on any atom is 0.270 e. The molecule has 6 heteroatoms. The van der Waals surface area contributed by atoms with Gasteiger partial charge in [-0.05, 0) is 30.5 Å². The van der Waals surface area contributed by atoms with Gasteiger partial charge in [-0.3, -0.25) is 9.59 Å². The molecule has 2 amide bonds. The number of methoxy groups -OCH3 is 1. The highest BCUT2D eigenvalue weighted by Gasteiger charge is 2.51. The van der Waals surface area contributed by atoms with E-state index >= 15 is 0 Å². The van der Waals surface area contributed by atoms with Crippen molar-refractivity contribution in [3.05, 3.63) is 29.8 Å². The van der Waals surface area contributed by atoms with Crippen molar-refractivity contribution in [3.8, 4) is 5.75 Å². The molecular weight excluding hydrogens is 330 g/mol. The van der Waals surface area contributed by atoms with Crippen LogP contribution in [0.3, 0.4) is 0 Å². The van der Waals surface area contributed by atoms with Crippen LogP contribution in [0, 0.1) is 5.92 Å². The van der Waals surface area contributed by atoms with Crippen molar-refractivity contribution in [1.82, 2.24) is 9.91 Å². The molecule has 2 fully saturated rings. The van der Waals surface area contributed by atoms with E-state index in [2.05, 4.69) is 5.10 Å². The van der Waals surface area contributed by atoms with Gasteiger partial charge in [0, 0.05) is 19.5 Å². The molecular formula is C20H25N3O3. The highest BCUT2D eigenvalue weighted by Crippen LogP contribution is 2.41. The monoisotopic (exact) mass is 355 g/mol. The Morgan fingerprint density at radius 2 is 1.85 bits per heavy atom. The Hall–Kier alpha value is -2.37. The number of benzene rings is 1. The molecule has 0 aromatic heterocycles. The van der Waals surface area contributed by atoms with Gasteiger partial charge in [-0.15, -0.1) is 0 Å². The average molecular weight is 355 g/mol. The molecule has 2 heterocycles. The Morgan fingerprint density at radius 3 is 2.46 bits per heavy atom. The SMILES string of the molecule is COc1ccc(C2C3CN(C4CCCCC4)C(=O)C3=NN2C(C)=O)cc1. The normalized spacial score (nSPS) is 26.1. The number of carbonyl (C=O) groups excluding carboxylic acids is 2. The van der Waals surface area contributed by atoms with Crippen LogP contribution in [-0.4, -0.2) is 47.1 Å². The second kappa shape index (κ2) is 6.74. The van der Waals surface area contributed by atoms with E-state index in [1.54, 1.807) is 7.11 Å². The van der Waals surface area contributed by atoms with Crippen LogP contribution in [0.4, 0.5) is 0 Å². The van der Waals surface area contributed by atoms with Crippen LogP contribution in [0.5, 0.6) is 5.75 Å². The third-order valence-corrected chi connectivity index (χ3v) is 5.88. The van der Waals surface area contributed by atoms with Gasteiger partial charge in [-0.2, -0.15) is 5.10 Å². The van der Waals surface area contributed by atoms with Crippen molar-refractivity contribution in [2.75, 3.05) is 13.7 Å². The molecule has 2 aliphatic heterocycles. The number of rotatable bonds is 3. The third-order valence-electron chi connectivity index (χ3n) is 5.88. The van der Waals surface area contributed by atoms with Gasteiger partial charge in [-0.1, -0.05) is 31.4 Å². The van der Waals surface area contributed by atoms with Gasteiger partial charge in [0.05, 0.1) is 19.1 Å². The molecule has 26 heavy (non-hydrogen) atoms. The number of hydrogen-bond acceptors (Lipinski definition) is 4. The standard InChI is InChI=1S/C20H25N3O3/c1-13(24)23-19(14-8-10-16(26-2)11-9-14)17-12-22(20(25)18(17)21-23)15-6-4-3-5-7-15/h8-11,15,17,19H,3-7,12H2,1-2H3. The predicted molar refractivity (Wildman–Crippen MR) is 97.8 cm³/mol. The molecule has 138 valence electrons. The quantitative estimate of drug-likeness (QED) is 0.837. The summed E-state index contributed by atoms with van der Waals surface area (Å²) in [6.07, 6.45) is 5.79. The Bertz CT molecular complexity index is 737. The first kappa shape index (κ1) is 17.1. The lowest BCUT2D eigenvalue weighted by molar-refractivity contribution is -0.131. The van der Waals surface area contributed by atoms with Crippen LogP contribution in [0.25, 0.3) is 0 Å². The first-order valence-corrected chi connectivity index (χ1v) is 9.43. The zero-order valence-corrected chi connectivity index (χ0v) is 15.4. The Labute approximate surface area is 153 Å². The van der Waals surface area contributed by atoms with E-state index in [0.717, 1.165) is 24.2 Å². The topological polar surface area (TPSA) is 62.2 Å². The minimum atomic E-state index is -0.217. The van der Waals surface area contributed by atoms with Gasteiger partial charge >= 0.3 is 0 Å². The van der Waals surface area contributed by atoms with E-state index in [0.29, 0.717) is 18.3 Å². The predicted octanol–water partition coefficient (Wildman–Crippen LogP) is 2.75. The van der Waals surface area contributed by atoms with E-state index in [1.165, 1.54) is 31.2 Å². The molecule has 3 aliphatic rings. The Kier molecular flexibility index (Phi) is 4.42. The first-order chi connectivity index (χ1) is 12.6. The van der Waals surface area contributed by atoms with Crippen molar-refractivity contribution < 1.29 is 14.3 Å². The van der Waals surface area contributed by atoms with Gasteiger partial charge in [0.15, 0.2) is 0 Å². The summed E-state index contributed by atoms with van der Waals surface area (Å²) in [7, 11) is 1.63. The van der Waals surface area contributed by atoms with E-state index in [9.17, 15) is 9.59 Å². The maximum atomic E-state index is 13.0. The number of amides is 2. The highest BCUT2D eigenvalue weighted by atomic mass is 16.5. The number of fused-ring (bicyclic) bond motifs is 1. The van der Waals surface area contributed by atoms with Gasteiger partial charge in [0.2, 0.25) is 5.91 Å². The molecule has 0 spiro atoms. The van der Waals surface area contributed by atoms with Crippen LogP contribution in [0.1, 0.15) is 50.6 Å². The number of carbonyl (C=O) groups is 2. The molecule has 1 saturated heterocycles. The van der Waals surface area contributed by atoms with Gasteiger partial charge < -0.3 is 9.64 Å². The number of hydrazone groups is 1. The second-order valence-corrected chi connectivity index (χ2v) is 7.42. The van der Waals surface area contributed by atoms with Crippen LogP contribution >= 0.6 is 0 Å². The van der Waals surface area contributed by atoms with E-state index < -0.39 is 0 Å². The fourth-order valence-corrected chi connectivity index (χ4v) is 4.55. The maximum absolute atomic E-state index is 13.0. The summed E-state index contributed by atoms with van der Waals surface area (Å²) in [6.45, 7) is 2.16. The minimum absolute atomic E-state index is 0.0177. The Balaban J connectivity index is 1.64. The van der Waals surface area contributed by atoms with Crippen molar-refractivity contribution in [3.63, 3.8) is 0 Å². The zero-order valence-electron chi connectivity index (χ0n) is 15.4. The van der Waals surface area contributed by atoms with Crippen LogP contribution < -0.4 is 4.74 Å². The van der Waals surface area contributed by atoms with Crippen molar-refractivity contribution in [2.45, 2.75) is 51.1 Å². The summed E-state index contributed by atoms with van der Waals surface area (Å²) in [6, 6.07) is 7.82. The van der Waals surface area contributed by atoms with E-state index in [4.69, 9.17) is 4.74 Å². The smallest absolute Gasteiger partial charge is 0.270 e. The summed E-state index contributed by atoms with van der Waals surface area (Å²) < 4.78 is 5.23. The van der Waals surface area contributed by atoms with Gasteiger partial charge in [0.25, 0.3) is 5.91 Å². The molecule has 6 nitrogen and oxygen atoms in total. The summed E-state index contributed by atoms with van der Waals surface area (Å²) in [5, 5.41) is 5.94. The molecule has 4 rings (SSSR count). The molecule has 0 radical (unpaired) electrons. The molecule has 0 N–H and O–H groups in total. The van der Waals surface area contributed by atoms with E-state index in [1.807, 2.05) is 29.2 Å². The van der Waals surface area contributed by atoms with Crippen molar-refractivity contribution >= 4 is 17.5 Å². The number of ether oxygens (including phenoxy) is 1. The fourth-order valence-electron chi connectivity index (χ4n) is 4.55. The highest BCUT2D eigenvalue weighted by molar-refractivity contribution is 6.42. The average Bonchev–Trinajstić information content (AvgIpc) is 3.20. The third kappa shape index (κ3) is 2.77. The molecule has 2 unspecified atom stereocenters. The summed E-state index contributed by atoms with van der Waals surface area (Å²) in [4.78, 5) is 27.1. The van der Waals surface area contributed by atoms with E-state index in [-0.39, 0.29) is 23.8 Å². The van der Waals surface area contributed by atoms with Crippen molar-refractivity contribution in [1.29, 1.82) is 0 Å². The largest absolute Gasteiger partial charge is 0.497 e. The molecule has 0 bridgehead atoms. The zero-order chi connectivity index (χ0) is 18.3. The lowest BCUT2D eigenvalue weighted by Crippen LogP contribution is -2.40.